The van der Waals surface area contributed by atoms with Crippen LogP contribution in [0.2, 0.25) is 0 Å². The van der Waals surface area contributed by atoms with E-state index < -0.39 is 0 Å². The molecule has 0 radical (unpaired) electrons. The number of anilines is 2. The number of nitrogens with two attached hydrogens (primary N) is 1. The van der Waals surface area contributed by atoms with Crippen LogP contribution in [0.4, 0.5) is 11.5 Å². The number of aryl methyl sites for hydroxylation is 1. The average Bonchev–Trinajstić information content (AvgIpc) is 2.46. The highest BCUT2D eigenvalue weighted by Gasteiger charge is 2.10. The SMILES string of the molecule is CCc1ccc(N(C)c2nnccc2CN)cc1. The van der Waals surface area contributed by atoms with Gasteiger partial charge >= 0.3 is 0 Å². The molecule has 94 valence electrons. The van der Waals surface area contributed by atoms with Crippen molar-refractivity contribution >= 4 is 11.5 Å². The van der Waals surface area contributed by atoms with Gasteiger partial charge in [0.1, 0.15) is 0 Å². The first-order chi connectivity index (χ1) is 8.76. The van der Waals surface area contributed by atoms with Crippen LogP contribution in [0.1, 0.15) is 18.1 Å². The highest BCUT2D eigenvalue weighted by atomic mass is 15.2. The smallest absolute Gasteiger partial charge is 0.159 e. The highest BCUT2D eigenvalue weighted by molar-refractivity contribution is 5.61. The topological polar surface area (TPSA) is 55.0 Å². The van der Waals surface area contributed by atoms with Crippen molar-refractivity contribution in [3.05, 3.63) is 47.7 Å². The predicted octanol–water partition coefficient (Wildman–Crippen LogP) is 2.27. The van der Waals surface area contributed by atoms with Gasteiger partial charge in [0.25, 0.3) is 0 Å². The van der Waals surface area contributed by atoms with E-state index in [0.29, 0.717) is 6.54 Å². The summed E-state index contributed by atoms with van der Waals surface area (Å²) in [5.41, 5.74) is 9.12. The Kier molecular flexibility index (Phi) is 3.89. The molecule has 1 aromatic carbocycles. The van der Waals surface area contributed by atoms with E-state index in [4.69, 9.17) is 5.73 Å². The number of hydrogen-bond acceptors (Lipinski definition) is 4. The zero-order valence-electron chi connectivity index (χ0n) is 10.8. The van der Waals surface area contributed by atoms with Crippen LogP contribution in [0.15, 0.2) is 36.5 Å². The Balaban J connectivity index is 2.31. The van der Waals surface area contributed by atoms with E-state index in [0.717, 1.165) is 23.5 Å². The fraction of sp³-hybridized carbons (Fsp3) is 0.286. The van der Waals surface area contributed by atoms with Gasteiger partial charge < -0.3 is 10.6 Å². The van der Waals surface area contributed by atoms with Crippen LogP contribution < -0.4 is 10.6 Å². The normalized spacial score (nSPS) is 10.4. The molecular formula is C14H18N4. The summed E-state index contributed by atoms with van der Waals surface area (Å²) in [4.78, 5) is 2.01. The fourth-order valence-electron chi connectivity index (χ4n) is 1.87. The Labute approximate surface area is 107 Å². The van der Waals surface area contributed by atoms with E-state index in [9.17, 15) is 0 Å². The van der Waals surface area contributed by atoms with Gasteiger partial charge in [-0.05, 0) is 30.2 Å². The standard InChI is InChI=1S/C14H18N4/c1-3-11-4-6-13(7-5-11)18(2)14-12(10-15)8-9-16-17-14/h4-9H,3,10,15H2,1-2H3. The zero-order chi connectivity index (χ0) is 13.0. The molecule has 4 heteroatoms. The Bertz CT molecular complexity index is 507. The molecule has 0 bridgehead atoms. The van der Waals surface area contributed by atoms with Gasteiger partial charge in [0.2, 0.25) is 0 Å². The van der Waals surface area contributed by atoms with Gasteiger partial charge in [0.15, 0.2) is 5.82 Å². The minimum Gasteiger partial charge on any atom is -0.328 e. The van der Waals surface area contributed by atoms with Crippen molar-refractivity contribution in [1.29, 1.82) is 0 Å². The fourth-order valence-corrected chi connectivity index (χ4v) is 1.87. The Morgan fingerprint density at radius 2 is 1.89 bits per heavy atom. The molecular weight excluding hydrogens is 224 g/mol. The molecule has 2 rings (SSSR count). The summed E-state index contributed by atoms with van der Waals surface area (Å²) in [5, 5.41) is 8.09. The van der Waals surface area contributed by atoms with Crippen molar-refractivity contribution in [1.82, 2.24) is 10.2 Å². The number of benzene rings is 1. The minimum absolute atomic E-state index is 0.461. The molecule has 0 aliphatic carbocycles. The minimum atomic E-state index is 0.461. The van der Waals surface area contributed by atoms with Gasteiger partial charge in [-0.25, -0.2) is 0 Å². The second kappa shape index (κ2) is 5.60. The summed E-state index contributed by atoms with van der Waals surface area (Å²) >= 11 is 0. The third-order valence-electron chi connectivity index (χ3n) is 3.05. The first kappa shape index (κ1) is 12.5. The molecule has 0 unspecified atom stereocenters. The van der Waals surface area contributed by atoms with E-state index >= 15 is 0 Å². The molecule has 0 atom stereocenters. The lowest BCUT2D eigenvalue weighted by atomic mass is 10.1. The number of nitrogens with zero attached hydrogens (tertiary/aromatic N) is 3. The van der Waals surface area contributed by atoms with Crippen molar-refractivity contribution in [3.8, 4) is 0 Å². The summed E-state index contributed by atoms with van der Waals surface area (Å²) in [6.45, 7) is 2.61. The predicted molar refractivity (Wildman–Crippen MR) is 73.8 cm³/mol. The molecule has 0 aliphatic heterocycles. The van der Waals surface area contributed by atoms with E-state index in [1.54, 1.807) is 6.20 Å². The Morgan fingerprint density at radius 3 is 2.50 bits per heavy atom. The van der Waals surface area contributed by atoms with Crippen molar-refractivity contribution in [2.45, 2.75) is 19.9 Å². The number of aromatic nitrogens is 2. The quantitative estimate of drug-likeness (QED) is 0.893. The maximum Gasteiger partial charge on any atom is 0.159 e. The Hall–Kier alpha value is -1.94. The summed E-state index contributed by atoms with van der Waals surface area (Å²) in [6.07, 6.45) is 2.71. The van der Waals surface area contributed by atoms with E-state index in [-0.39, 0.29) is 0 Å². The molecule has 2 N–H and O–H groups in total. The van der Waals surface area contributed by atoms with Crippen LogP contribution in [0.25, 0.3) is 0 Å². The van der Waals surface area contributed by atoms with Gasteiger partial charge in [-0.15, -0.1) is 5.10 Å². The molecule has 0 saturated heterocycles. The van der Waals surface area contributed by atoms with Crippen LogP contribution in [-0.2, 0) is 13.0 Å². The van der Waals surface area contributed by atoms with E-state index in [2.05, 4.69) is 41.4 Å². The van der Waals surface area contributed by atoms with Gasteiger partial charge in [-0.1, -0.05) is 19.1 Å². The number of hydrogen-bond donors (Lipinski definition) is 1. The maximum absolute atomic E-state index is 5.72. The first-order valence-corrected chi connectivity index (χ1v) is 6.09. The van der Waals surface area contributed by atoms with Crippen molar-refractivity contribution in [2.75, 3.05) is 11.9 Å². The van der Waals surface area contributed by atoms with Crippen LogP contribution in [0, 0.1) is 0 Å². The van der Waals surface area contributed by atoms with Gasteiger partial charge in [0.05, 0.1) is 6.20 Å². The Morgan fingerprint density at radius 1 is 1.17 bits per heavy atom. The van der Waals surface area contributed by atoms with Crippen LogP contribution in [0.5, 0.6) is 0 Å². The first-order valence-electron chi connectivity index (χ1n) is 6.09. The highest BCUT2D eigenvalue weighted by Crippen LogP contribution is 2.24. The second-order valence-electron chi connectivity index (χ2n) is 4.16. The van der Waals surface area contributed by atoms with Crippen LogP contribution in [0.3, 0.4) is 0 Å². The number of rotatable bonds is 4. The lowest BCUT2D eigenvalue weighted by molar-refractivity contribution is 0.934. The van der Waals surface area contributed by atoms with Crippen molar-refractivity contribution < 1.29 is 0 Å². The van der Waals surface area contributed by atoms with Gasteiger partial charge in [-0.2, -0.15) is 5.10 Å². The monoisotopic (exact) mass is 242 g/mol. The van der Waals surface area contributed by atoms with Crippen LogP contribution in [-0.4, -0.2) is 17.2 Å². The molecule has 1 heterocycles. The molecule has 0 saturated carbocycles. The van der Waals surface area contributed by atoms with E-state index in [1.165, 1.54) is 5.56 Å². The summed E-state index contributed by atoms with van der Waals surface area (Å²) in [7, 11) is 1.98. The summed E-state index contributed by atoms with van der Waals surface area (Å²) in [5.74, 6) is 0.809. The largest absolute Gasteiger partial charge is 0.328 e. The maximum atomic E-state index is 5.72. The molecule has 2 aromatic rings. The average molecular weight is 242 g/mol. The van der Waals surface area contributed by atoms with Gasteiger partial charge in [-0.3, -0.25) is 0 Å². The third-order valence-corrected chi connectivity index (χ3v) is 3.05. The summed E-state index contributed by atoms with van der Waals surface area (Å²) < 4.78 is 0. The molecule has 4 nitrogen and oxygen atoms in total. The molecule has 0 fully saturated rings. The van der Waals surface area contributed by atoms with Crippen molar-refractivity contribution in [3.63, 3.8) is 0 Å². The third kappa shape index (κ3) is 2.49. The molecule has 0 amide bonds. The zero-order valence-corrected chi connectivity index (χ0v) is 10.8. The molecule has 0 spiro atoms. The molecule has 1 aromatic heterocycles. The lowest BCUT2D eigenvalue weighted by Crippen LogP contribution is -2.15. The lowest BCUT2D eigenvalue weighted by Gasteiger charge is -2.20. The molecule has 18 heavy (non-hydrogen) atoms. The summed E-state index contributed by atoms with van der Waals surface area (Å²) in [6, 6.07) is 10.3. The van der Waals surface area contributed by atoms with Gasteiger partial charge in [0, 0.05) is 24.8 Å². The second-order valence-corrected chi connectivity index (χ2v) is 4.16. The van der Waals surface area contributed by atoms with E-state index in [1.807, 2.05) is 18.0 Å². The molecule has 0 aliphatic rings. The van der Waals surface area contributed by atoms with Crippen LogP contribution >= 0.6 is 0 Å². The van der Waals surface area contributed by atoms with Crippen molar-refractivity contribution in [2.24, 2.45) is 5.73 Å².